The summed E-state index contributed by atoms with van der Waals surface area (Å²) in [4.78, 5) is 33.0. The number of aromatic amines is 1. The second kappa shape index (κ2) is 7.88. The lowest BCUT2D eigenvalue weighted by Gasteiger charge is -2.19. The summed E-state index contributed by atoms with van der Waals surface area (Å²) in [6.45, 7) is 6.38. The molecule has 1 amide bonds. The average Bonchev–Trinajstić information content (AvgIpc) is 3.53. The quantitative estimate of drug-likeness (QED) is 0.490. The Labute approximate surface area is 190 Å². The maximum Gasteiger partial charge on any atom is 0.256 e. The highest BCUT2D eigenvalue weighted by atomic mass is 16.3. The van der Waals surface area contributed by atoms with Gasteiger partial charge in [-0.3, -0.25) is 14.6 Å². The predicted molar refractivity (Wildman–Crippen MR) is 125 cm³/mol. The maximum atomic E-state index is 13.0. The van der Waals surface area contributed by atoms with E-state index in [9.17, 15) is 9.59 Å². The van der Waals surface area contributed by atoms with Crippen molar-refractivity contribution in [1.29, 1.82) is 0 Å². The van der Waals surface area contributed by atoms with Gasteiger partial charge in [-0.05, 0) is 54.5 Å². The molecule has 4 aromatic rings. The van der Waals surface area contributed by atoms with Gasteiger partial charge in [0.2, 0.25) is 5.95 Å². The molecule has 0 saturated heterocycles. The minimum Gasteiger partial charge on any atom is -0.463 e. The summed E-state index contributed by atoms with van der Waals surface area (Å²) >= 11 is 0. The summed E-state index contributed by atoms with van der Waals surface area (Å²) in [5, 5.41) is 7.47. The molecule has 5 rings (SSSR count). The molecule has 2 N–H and O–H groups in total. The molecule has 0 fully saturated rings. The van der Waals surface area contributed by atoms with Crippen LogP contribution in [-0.4, -0.2) is 25.7 Å². The van der Waals surface area contributed by atoms with Gasteiger partial charge in [0.25, 0.3) is 11.5 Å². The summed E-state index contributed by atoms with van der Waals surface area (Å²) in [6, 6.07) is 12.8. The SMILES string of the molecule is CC(C)(C)c1ccc(C(=O)Nc2cc(-c3ccco3)nn2-c2nc3c(c(=O)[nH]2)CCC3)cc1. The number of anilines is 1. The zero-order valence-corrected chi connectivity index (χ0v) is 18.8. The lowest BCUT2D eigenvalue weighted by atomic mass is 9.87. The Morgan fingerprint density at radius 3 is 2.64 bits per heavy atom. The van der Waals surface area contributed by atoms with E-state index in [-0.39, 0.29) is 22.8 Å². The lowest BCUT2D eigenvalue weighted by molar-refractivity contribution is 0.102. The van der Waals surface area contributed by atoms with Crippen molar-refractivity contribution in [3.63, 3.8) is 0 Å². The van der Waals surface area contributed by atoms with E-state index in [1.807, 2.05) is 12.1 Å². The first kappa shape index (κ1) is 20.9. The first-order chi connectivity index (χ1) is 15.8. The van der Waals surface area contributed by atoms with E-state index in [2.05, 4.69) is 41.2 Å². The van der Waals surface area contributed by atoms with E-state index in [0.29, 0.717) is 22.8 Å². The minimum atomic E-state index is -0.286. The molecule has 1 aliphatic carbocycles. The fraction of sp³-hybridized carbons (Fsp3) is 0.280. The first-order valence-corrected chi connectivity index (χ1v) is 11.0. The molecule has 0 atom stereocenters. The molecule has 0 bridgehead atoms. The standard InChI is InChI=1S/C25H25N5O3/c1-25(2,3)16-11-9-15(10-12-16)22(31)27-21-14-19(20-8-5-13-33-20)29-30(21)24-26-18-7-4-6-17(18)23(32)28-24/h5,8-14H,4,6-7H2,1-3H3,(H,27,31)(H,26,28,32). The van der Waals surface area contributed by atoms with Gasteiger partial charge < -0.3 is 9.73 Å². The minimum absolute atomic E-state index is 0.00330. The number of benzene rings is 1. The van der Waals surface area contributed by atoms with E-state index < -0.39 is 0 Å². The maximum absolute atomic E-state index is 13.0. The van der Waals surface area contributed by atoms with Crippen molar-refractivity contribution < 1.29 is 9.21 Å². The number of aromatic nitrogens is 4. The number of carbonyl (C=O) groups is 1. The van der Waals surface area contributed by atoms with Crippen molar-refractivity contribution in [2.45, 2.75) is 45.4 Å². The second-order valence-corrected chi connectivity index (χ2v) is 9.25. The summed E-state index contributed by atoms with van der Waals surface area (Å²) in [5.41, 5.74) is 3.51. The fourth-order valence-corrected chi connectivity index (χ4v) is 4.02. The molecule has 33 heavy (non-hydrogen) atoms. The molecule has 1 aliphatic rings. The van der Waals surface area contributed by atoms with Crippen LogP contribution in [0.3, 0.4) is 0 Å². The van der Waals surface area contributed by atoms with Gasteiger partial charge in [0.05, 0.1) is 12.0 Å². The summed E-state index contributed by atoms with van der Waals surface area (Å²) in [7, 11) is 0. The Morgan fingerprint density at radius 1 is 1.15 bits per heavy atom. The number of rotatable bonds is 4. The molecule has 168 valence electrons. The number of nitrogens with zero attached hydrogens (tertiary/aromatic N) is 3. The van der Waals surface area contributed by atoms with Crippen LogP contribution in [0, 0.1) is 0 Å². The summed E-state index contributed by atoms with van der Waals surface area (Å²) in [6.07, 6.45) is 3.93. The fourth-order valence-electron chi connectivity index (χ4n) is 4.02. The number of furan rings is 1. The average molecular weight is 444 g/mol. The van der Waals surface area contributed by atoms with Crippen molar-refractivity contribution in [1.82, 2.24) is 19.7 Å². The van der Waals surface area contributed by atoms with Gasteiger partial charge in [0, 0.05) is 17.2 Å². The number of fused-ring (bicyclic) bond motifs is 1. The molecule has 0 aliphatic heterocycles. The Morgan fingerprint density at radius 2 is 1.94 bits per heavy atom. The molecular formula is C25H25N5O3. The van der Waals surface area contributed by atoms with Crippen LogP contribution in [0.4, 0.5) is 5.82 Å². The Balaban J connectivity index is 1.52. The van der Waals surface area contributed by atoms with Gasteiger partial charge in [-0.25, -0.2) is 4.98 Å². The smallest absolute Gasteiger partial charge is 0.256 e. The lowest BCUT2D eigenvalue weighted by Crippen LogP contribution is -2.21. The molecular weight excluding hydrogens is 418 g/mol. The third-order valence-electron chi connectivity index (χ3n) is 5.87. The van der Waals surface area contributed by atoms with E-state index in [1.54, 1.807) is 36.6 Å². The van der Waals surface area contributed by atoms with Crippen LogP contribution < -0.4 is 10.9 Å². The summed E-state index contributed by atoms with van der Waals surface area (Å²) < 4.78 is 6.92. The monoisotopic (exact) mass is 443 g/mol. The van der Waals surface area contributed by atoms with E-state index in [0.717, 1.165) is 36.1 Å². The molecule has 0 saturated carbocycles. The molecule has 8 heteroatoms. The number of nitrogens with one attached hydrogen (secondary N) is 2. The first-order valence-electron chi connectivity index (χ1n) is 11.0. The van der Waals surface area contributed by atoms with Crippen molar-refractivity contribution in [3.8, 4) is 17.4 Å². The van der Waals surface area contributed by atoms with E-state index in [1.165, 1.54) is 4.68 Å². The number of aryl methyl sites for hydroxylation is 1. The second-order valence-electron chi connectivity index (χ2n) is 9.25. The van der Waals surface area contributed by atoms with E-state index in [4.69, 9.17) is 4.42 Å². The Hall–Kier alpha value is -3.94. The van der Waals surface area contributed by atoms with Crippen LogP contribution in [0.5, 0.6) is 0 Å². The number of H-pyrrole nitrogens is 1. The molecule has 3 heterocycles. The van der Waals surface area contributed by atoms with Crippen molar-refractivity contribution in [3.05, 3.63) is 81.5 Å². The van der Waals surface area contributed by atoms with Gasteiger partial charge in [-0.2, -0.15) is 9.78 Å². The molecule has 1 aromatic carbocycles. The molecule has 0 radical (unpaired) electrons. The Bertz CT molecular complexity index is 1370. The van der Waals surface area contributed by atoms with Gasteiger partial charge >= 0.3 is 0 Å². The zero-order valence-electron chi connectivity index (χ0n) is 18.8. The number of carbonyl (C=O) groups excluding carboxylic acids is 1. The van der Waals surface area contributed by atoms with Crippen LogP contribution in [0.2, 0.25) is 0 Å². The third-order valence-corrected chi connectivity index (χ3v) is 5.87. The van der Waals surface area contributed by atoms with Crippen LogP contribution in [0.25, 0.3) is 17.4 Å². The van der Waals surface area contributed by atoms with Gasteiger partial charge in [0.15, 0.2) is 5.76 Å². The Kier molecular flexibility index (Phi) is 5.00. The van der Waals surface area contributed by atoms with Crippen molar-refractivity contribution in [2.24, 2.45) is 0 Å². The largest absolute Gasteiger partial charge is 0.463 e. The molecule has 8 nitrogen and oxygen atoms in total. The highest BCUT2D eigenvalue weighted by Crippen LogP contribution is 2.26. The normalized spacial score (nSPS) is 13.2. The van der Waals surface area contributed by atoms with Crippen LogP contribution in [-0.2, 0) is 18.3 Å². The highest BCUT2D eigenvalue weighted by molar-refractivity contribution is 6.04. The number of hydrogen-bond donors (Lipinski definition) is 2. The van der Waals surface area contributed by atoms with Crippen molar-refractivity contribution in [2.75, 3.05) is 5.32 Å². The van der Waals surface area contributed by atoms with Crippen molar-refractivity contribution >= 4 is 11.7 Å². The van der Waals surface area contributed by atoms with Gasteiger partial charge in [0.1, 0.15) is 11.5 Å². The predicted octanol–water partition coefficient (Wildman–Crippen LogP) is 4.25. The van der Waals surface area contributed by atoms with Crippen LogP contribution >= 0.6 is 0 Å². The van der Waals surface area contributed by atoms with E-state index >= 15 is 0 Å². The number of amides is 1. The molecule has 0 unspecified atom stereocenters. The molecule has 3 aromatic heterocycles. The number of hydrogen-bond acceptors (Lipinski definition) is 5. The van der Waals surface area contributed by atoms with Crippen LogP contribution in [0.15, 0.2) is 57.9 Å². The van der Waals surface area contributed by atoms with Gasteiger partial charge in [-0.15, -0.1) is 0 Å². The zero-order chi connectivity index (χ0) is 23.2. The van der Waals surface area contributed by atoms with Crippen LogP contribution in [0.1, 0.15) is 54.4 Å². The third kappa shape index (κ3) is 4.00. The highest BCUT2D eigenvalue weighted by Gasteiger charge is 2.22. The molecule has 0 spiro atoms. The summed E-state index contributed by atoms with van der Waals surface area (Å²) in [5.74, 6) is 0.901. The topological polar surface area (TPSA) is 106 Å². The van der Waals surface area contributed by atoms with Gasteiger partial charge in [-0.1, -0.05) is 32.9 Å².